The first kappa shape index (κ1) is 12.1. The van der Waals surface area contributed by atoms with E-state index < -0.39 is 0 Å². The Balaban J connectivity index is 1.70. The Kier molecular flexibility index (Phi) is 3.11. The van der Waals surface area contributed by atoms with Crippen molar-refractivity contribution in [3.05, 3.63) is 16.1 Å². The third kappa shape index (κ3) is 2.17. The quantitative estimate of drug-likeness (QED) is 0.887. The standard InChI is InChI=1S/C13H19N3OS/c1-8-14-7-12(18-8)13(17)16(2)11-5-9-3-4-10(6-11)15-9/h7,9-11,15H,3-6H2,1-2H3. The van der Waals surface area contributed by atoms with Crippen molar-refractivity contribution in [2.24, 2.45) is 0 Å². The summed E-state index contributed by atoms with van der Waals surface area (Å²) in [6.07, 6.45) is 6.42. The first-order chi connectivity index (χ1) is 8.63. The summed E-state index contributed by atoms with van der Waals surface area (Å²) in [6.45, 7) is 1.94. The third-order valence-corrected chi connectivity index (χ3v) is 5.05. The summed E-state index contributed by atoms with van der Waals surface area (Å²) in [4.78, 5) is 19.2. The van der Waals surface area contributed by atoms with Crippen molar-refractivity contribution in [1.29, 1.82) is 0 Å². The summed E-state index contributed by atoms with van der Waals surface area (Å²) >= 11 is 1.49. The second-order valence-corrected chi connectivity index (χ2v) is 6.66. The fraction of sp³-hybridized carbons (Fsp3) is 0.692. The number of rotatable bonds is 2. The van der Waals surface area contributed by atoms with E-state index in [0.29, 0.717) is 18.1 Å². The number of nitrogens with zero attached hydrogens (tertiary/aromatic N) is 2. The van der Waals surface area contributed by atoms with Gasteiger partial charge in [-0.2, -0.15) is 0 Å². The number of hydrogen-bond donors (Lipinski definition) is 1. The van der Waals surface area contributed by atoms with Crippen LogP contribution in [0.1, 0.15) is 40.4 Å². The Morgan fingerprint density at radius 2 is 2.11 bits per heavy atom. The van der Waals surface area contributed by atoms with E-state index in [1.807, 2.05) is 18.9 Å². The zero-order valence-corrected chi connectivity index (χ0v) is 11.7. The van der Waals surface area contributed by atoms with Gasteiger partial charge in [-0.15, -0.1) is 11.3 Å². The Labute approximate surface area is 111 Å². The summed E-state index contributed by atoms with van der Waals surface area (Å²) in [5.74, 6) is 0.131. The zero-order valence-electron chi connectivity index (χ0n) is 10.8. The Morgan fingerprint density at radius 3 is 2.67 bits per heavy atom. The molecule has 0 radical (unpaired) electrons. The summed E-state index contributed by atoms with van der Waals surface area (Å²) in [6, 6.07) is 1.62. The third-order valence-electron chi connectivity index (χ3n) is 4.15. The lowest BCUT2D eigenvalue weighted by atomic mass is 9.98. The van der Waals surface area contributed by atoms with Gasteiger partial charge in [0.15, 0.2) is 0 Å². The van der Waals surface area contributed by atoms with Gasteiger partial charge in [0, 0.05) is 25.2 Å². The molecular weight excluding hydrogens is 246 g/mol. The number of thiazole rings is 1. The van der Waals surface area contributed by atoms with E-state index in [9.17, 15) is 4.79 Å². The molecule has 1 aromatic heterocycles. The van der Waals surface area contributed by atoms with Crippen LogP contribution in [-0.4, -0.2) is 41.0 Å². The van der Waals surface area contributed by atoms with E-state index in [0.717, 1.165) is 22.7 Å². The van der Waals surface area contributed by atoms with Crippen molar-refractivity contribution in [2.45, 2.75) is 50.7 Å². The molecule has 4 nitrogen and oxygen atoms in total. The number of nitrogens with one attached hydrogen (secondary N) is 1. The molecule has 3 heterocycles. The average molecular weight is 265 g/mol. The monoisotopic (exact) mass is 265 g/mol. The fourth-order valence-electron chi connectivity index (χ4n) is 3.14. The zero-order chi connectivity index (χ0) is 12.7. The lowest BCUT2D eigenvalue weighted by Crippen LogP contribution is -2.48. The molecular formula is C13H19N3OS. The topological polar surface area (TPSA) is 45.2 Å². The molecule has 0 saturated carbocycles. The molecule has 2 saturated heterocycles. The first-order valence-corrected chi connectivity index (χ1v) is 7.41. The highest BCUT2D eigenvalue weighted by Gasteiger charge is 2.36. The number of amides is 1. The van der Waals surface area contributed by atoms with Crippen LogP contribution >= 0.6 is 11.3 Å². The minimum atomic E-state index is 0.131. The van der Waals surface area contributed by atoms with Gasteiger partial charge in [0.1, 0.15) is 4.88 Å². The molecule has 18 heavy (non-hydrogen) atoms. The minimum absolute atomic E-state index is 0.131. The van der Waals surface area contributed by atoms with Crippen LogP contribution in [0, 0.1) is 6.92 Å². The van der Waals surface area contributed by atoms with Crippen LogP contribution in [0.15, 0.2) is 6.20 Å². The normalized spacial score (nSPS) is 30.4. The number of aromatic nitrogens is 1. The van der Waals surface area contributed by atoms with E-state index in [4.69, 9.17) is 0 Å². The van der Waals surface area contributed by atoms with Crippen LogP contribution < -0.4 is 5.32 Å². The van der Waals surface area contributed by atoms with Crippen LogP contribution in [0.4, 0.5) is 0 Å². The predicted octanol–water partition coefficient (Wildman–Crippen LogP) is 1.81. The lowest BCUT2D eigenvalue weighted by Gasteiger charge is -2.35. The summed E-state index contributed by atoms with van der Waals surface area (Å²) in [5, 5.41) is 4.57. The van der Waals surface area contributed by atoms with E-state index in [1.54, 1.807) is 6.20 Å². The van der Waals surface area contributed by atoms with Gasteiger partial charge in [0.2, 0.25) is 0 Å². The van der Waals surface area contributed by atoms with Crippen molar-refractivity contribution in [3.8, 4) is 0 Å². The highest BCUT2D eigenvalue weighted by Crippen LogP contribution is 2.30. The van der Waals surface area contributed by atoms with Gasteiger partial charge < -0.3 is 10.2 Å². The molecule has 0 aliphatic carbocycles. The second-order valence-electron chi connectivity index (χ2n) is 5.42. The highest BCUT2D eigenvalue weighted by molar-refractivity contribution is 7.13. The molecule has 2 aliphatic heterocycles. The molecule has 0 spiro atoms. The number of fused-ring (bicyclic) bond motifs is 2. The van der Waals surface area contributed by atoms with Gasteiger partial charge in [-0.1, -0.05) is 0 Å². The smallest absolute Gasteiger partial charge is 0.265 e. The van der Waals surface area contributed by atoms with Crippen LogP contribution in [0.5, 0.6) is 0 Å². The van der Waals surface area contributed by atoms with Crippen molar-refractivity contribution < 1.29 is 4.79 Å². The van der Waals surface area contributed by atoms with Crippen LogP contribution in [0.2, 0.25) is 0 Å². The summed E-state index contributed by atoms with van der Waals surface area (Å²) < 4.78 is 0. The maximum atomic E-state index is 12.4. The molecule has 98 valence electrons. The molecule has 2 bridgehead atoms. The van der Waals surface area contributed by atoms with Gasteiger partial charge in [0.05, 0.1) is 11.2 Å². The Bertz CT molecular complexity index is 447. The molecule has 1 aromatic rings. The number of hydrogen-bond acceptors (Lipinski definition) is 4. The Hall–Kier alpha value is -0.940. The molecule has 1 N–H and O–H groups in total. The van der Waals surface area contributed by atoms with E-state index in [2.05, 4.69) is 10.3 Å². The highest BCUT2D eigenvalue weighted by atomic mass is 32.1. The van der Waals surface area contributed by atoms with Gasteiger partial charge >= 0.3 is 0 Å². The van der Waals surface area contributed by atoms with Gasteiger partial charge in [-0.05, 0) is 32.6 Å². The molecule has 5 heteroatoms. The van der Waals surface area contributed by atoms with Crippen molar-refractivity contribution in [1.82, 2.24) is 15.2 Å². The molecule has 1 amide bonds. The molecule has 0 aromatic carbocycles. The number of carbonyl (C=O) groups is 1. The van der Waals surface area contributed by atoms with Gasteiger partial charge in [-0.3, -0.25) is 4.79 Å². The van der Waals surface area contributed by atoms with E-state index in [1.165, 1.54) is 24.2 Å². The number of aryl methyl sites for hydroxylation is 1. The molecule has 2 fully saturated rings. The average Bonchev–Trinajstić information content (AvgIpc) is 2.94. The van der Waals surface area contributed by atoms with Crippen molar-refractivity contribution in [2.75, 3.05) is 7.05 Å². The number of piperidine rings is 1. The SMILES string of the molecule is Cc1ncc(C(=O)N(C)C2CC3CCC(C2)N3)s1. The van der Waals surface area contributed by atoms with Gasteiger partial charge in [-0.25, -0.2) is 4.98 Å². The van der Waals surface area contributed by atoms with Crippen LogP contribution in [0.3, 0.4) is 0 Å². The Morgan fingerprint density at radius 1 is 1.44 bits per heavy atom. The second kappa shape index (κ2) is 4.63. The van der Waals surface area contributed by atoms with Crippen molar-refractivity contribution >= 4 is 17.2 Å². The van der Waals surface area contributed by atoms with E-state index >= 15 is 0 Å². The molecule has 2 atom stereocenters. The van der Waals surface area contributed by atoms with Crippen LogP contribution in [0.25, 0.3) is 0 Å². The fourth-order valence-corrected chi connectivity index (χ4v) is 3.90. The maximum Gasteiger partial charge on any atom is 0.265 e. The molecule has 2 unspecified atom stereocenters. The summed E-state index contributed by atoms with van der Waals surface area (Å²) in [7, 11) is 1.94. The number of carbonyl (C=O) groups excluding carboxylic acids is 1. The van der Waals surface area contributed by atoms with Crippen molar-refractivity contribution in [3.63, 3.8) is 0 Å². The summed E-state index contributed by atoms with van der Waals surface area (Å²) in [5.41, 5.74) is 0. The van der Waals surface area contributed by atoms with E-state index in [-0.39, 0.29) is 5.91 Å². The van der Waals surface area contributed by atoms with Gasteiger partial charge in [0.25, 0.3) is 5.91 Å². The predicted molar refractivity (Wildman–Crippen MR) is 71.9 cm³/mol. The first-order valence-electron chi connectivity index (χ1n) is 6.59. The molecule has 2 aliphatic rings. The maximum absolute atomic E-state index is 12.4. The largest absolute Gasteiger partial charge is 0.338 e. The molecule has 3 rings (SSSR count). The minimum Gasteiger partial charge on any atom is -0.338 e. The van der Waals surface area contributed by atoms with Crippen LogP contribution in [-0.2, 0) is 0 Å². The lowest BCUT2D eigenvalue weighted by molar-refractivity contribution is 0.0686.